The van der Waals surface area contributed by atoms with Crippen LogP contribution in [-0.2, 0) is 4.79 Å². The van der Waals surface area contributed by atoms with Crippen molar-refractivity contribution in [3.8, 4) is 11.1 Å². The number of pyridine rings is 1. The number of rotatable bonds is 4. The molecule has 0 aliphatic heterocycles. The van der Waals surface area contributed by atoms with Gasteiger partial charge in [0.05, 0.1) is 11.6 Å². The molecule has 0 radical (unpaired) electrons. The molecule has 4 nitrogen and oxygen atoms in total. The second-order valence-electron chi connectivity index (χ2n) is 5.77. The lowest BCUT2D eigenvalue weighted by Gasteiger charge is -2.22. The van der Waals surface area contributed by atoms with Gasteiger partial charge in [0.1, 0.15) is 0 Å². The van der Waals surface area contributed by atoms with Gasteiger partial charge in [0.25, 0.3) is 0 Å². The molecule has 0 saturated heterocycles. The van der Waals surface area contributed by atoms with Crippen molar-refractivity contribution >= 4 is 5.91 Å². The molecule has 0 spiro atoms. The monoisotopic (exact) mass is 283 g/mol. The van der Waals surface area contributed by atoms with Gasteiger partial charge < -0.3 is 11.1 Å². The molecule has 3 N–H and O–H groups in total. The molecule has 110 valence electrons. The first-order valence-electron chi connectivity index (χ1n) is 6.98. The number of nitrogens with two attached hydrogens (primary N) is 1. The molecule has 1 amide bonds. The second-order valence-corrected chi connectivity index (χ2v) is 5.77. The third kappa shape index (κ3) is 3.89. The molecule has 21 heavy (non-hydrogen) atoms. The standard InChI is InChI=1S/C17H21N3O/c1-12(20-16(21)17(2,3)18)13-4-6-14(7-5-13)15-8-10-19-11-9-15/h4-12H,18H2,1-3H3,(H,20,21). The zero-order valence-corrected chi connectivity index (χ0v) is 12.6. The first kappa shape index (κ1) is 15.2. The maximum absolute atomic E-state index is 11.9. The molecule has 0 fully saturated rings. The third-order valence-electron chi connectivity index (χ3n) is 3.36. The largest absolute Gasteiger partial charge is 0.348 e. The highest BCUT2D eigenvalue weighted by Crippen LogP contribution is 2.21. The molecule has 2 aromatic rings. The molecule has 4 heteroatoms. The van der Waals surface area contributed by atoms with E-state index in [9.17, 15) is 4.79 Å². The van der Waals surface area contributed by atoms with Crippen molar-refractivity contribution in [1.29, 1.82) is 0 Å². The van der Waals surface area contributed by atoms with Crippen LogP contribution in [0, 0.1) is 0 Å². The van der Waals surface area contributed by atoms with Crippen LogP contribution in [-0.4, -0.2) is 16.4 Å². The smallest absolute Gasteiger partial charge is 0.239 e. The van der Waals surface area contributed by atoms with Gasteiger partial charge in [-0.2, -0.15) is 0 Å². The third-order valence-corrected chi connectivity index (χ3v) is 3.36. The fraction of sp³-hybridized carbons (Fsp3) is 0.294. The topological polar surface area (TPSA) is 68.0 Å². The Balaban J connectivity index is 2.10. The minimum atomic E-state index is -0.870. The molecule has 1 atom stereocenters. The molecule has 0 aliphatic carbocycles. The number of nitrogens with zero attached hydrogens (tertiary/aromatic N) is 1. The number of hydrogen-bond donors (Lipinski definition) is 2. The predicted octanol–water partition coefficient (Wildman–Crippen LogP) is 2.66. The van der Waals surface area contributed by atoms with E-state index in [4.69, 9.17) is 5.73 Å². The molecule has 1 unspecified atom stereocenters. The van der Waals surface area contributed by atoms with Gasteiger partial charge in [-0.3, -0.25) is 9.78 Å². The van der Waals surface area contributed by atoms with Crippen LogP contribution in [0.4, 0.5) is 0 Å². The van der Waals surface area contributed by atoms with Gasteiger partial charge in [-0.05, 0) is 49.6 Å². The van der Waals surface area contributed by atoms with Crippen molar-refractivity contribution in [2.75, 3.05) is 0 Å². The zero-order chi connectivity index (χ0) is 15.5. The minimum Gasteiger partial charge on any atom is -0.348 e. The van der Waals surface area contributed by atoms with Crippen LogP contribution in [0.3, 0.4) is 0 Å². The minimum absolute atomic E-state index is 0.0770. The molecule has 2 rings (SSSR count). The molecular formula is C17H21N3O. The van der Waals surface area contributed by atoms with Crippen LogP contribution in [0.2, 0.25) is 0 Å². The van der Waals surface area contributed by atoms with E-state index in [2.05, 4.69) is 10.3 Å². The van der Waals surface area contributed by atoms with Crippen LogP contribution >= 0.6 is 0 Å². The van der Waals surface area contributed by atoms with Crippen molar-refractivity contribution < 1.29 is 4.79 Å². The Labute approximate surface area is 125 Å². The highest BCUT2D eigenvalue weighted by molar-refractivity contribution is 5.85. The molecule has 1 aromatic carbocycles. The Bertz CT molecular complexity index is 600. The van der Waals surface area contributed by atoms with Gasteiger partial charge in [-0.25, -0.2) is 0 Å². The first-order chi connectivity index (χ1) is 9.88. The summed E-state index contributed by atoms with van der Waals surface area (Å²) in [6, 6.07) is 12.0. The molecule has 0 aliphatic rings. The summed E-state index contributed by atoms with van der Waals surface area (Å²) in [4.78, 5) is 15.9. The SMILES string of the molecule is CC(NC(=O)C(C)(C)N)c1ccc(-c2ccncc2)cc1. The summed E-state index contributed by atoms with van der Waals surface area (Å²) in [7, 11) is 0. The number of carbonyl (C=O) groups is 1. The normalized spacial score (nSPS) is 12.8. The molecule has 1 heterocycles. The van der Waals surface area contributed by atoms with E-state index in [0.29, 0.717) is 0 Å². The number of hydrogen-bond acceptors (Lipinski definition) is 3. The number of nitrogens with one attached hydrogen (secondary N) is 1. The summed E-state index contributed by atoms with van der Waals surface area (Å²) in [5, 5.41) is 2.92. The number of benzene rings is 1. The Morgan fingerprint density at radius 3 is 2.14 bits per heavy atom. The summed E-state index contributed by atoms with van der Waals surface area (Å²) in [5.41, 5.74) is 8.21. The van der Waals surface area contributed by atoms with Gasteiger partial charge in [-0.1, -0.05) is 24.3 Å². The molecule has 0 bridgehead atoms. The van der Waals surface area contributed by atoms with E-state index in [1.54, 1.807) is 26.2 Å². The van der Waals surface area contributed by atoms with Crippen LogP contribution < -0.4 is 11.1 Å². The van der Waals surface area contributed by atoms with Gasteiger partial charge in [-0.15, -0.1) is 0 Å². The second kappa shape index (κ2) is 6.06. The van der Waals surface area contributed by atoms with Crippen molar-refractivity contribution in [2.45, 2.75) is 32.4 Å². The lowest BCUT2D eigenvalue weighted by Crippen LogP contribution is -2.49. The summed E-state index contributed by atoms with van der Waals surface area (Å²) < 4.78 is 0. The first-order valence-corrected chi connectivity index (χ1v) is 6.98. The lowest BCUT2D eigenvalue weighted by molar-refractivity contribution is -0.125. The Morgan fingerprint density at radius 1 is 1.10 bits per heavy atom. The van der Waals surface area contributed by atoms with Crippen molar-refractivity contribution in [3.05, 3.63) is 54.4 Å². The predicted molar refractivity (Wildman–Crippen MR) is 84.5 cm³/mol. The average Bonchev–Trinajstić information content (AvgIpc) is 2.47. The summed E-state index contributed by atoms with van der Waals surface area (Å²) in [5.74, 6) is -0.159. The van der Waals surface area contributed by atoms with Crippen molar-refractivity contribution in [3.63, 3.8) is 0 Å². The lowest BCUT2D eigenvalue weighted by atomic mass is 10.0. The van der Waals surface area contributed by atoms with Crippen LogP contribution in [0.5, 0.6) is 0 Å². The summed E-state index contributed by atoms with van der Waals surface area (Å²) in [6.45, 7) is 5.34. The van der Waals surface area contributed by atoms with Crippen molar-refractivity contribution in [1.82, 2.24) is 10.3 Å². The quantitative estimate of drug-likeness (QED) is 0.906. The number of carbonyl (C=O) groups excluding carboxylic acids is 1. The summed E-state index contributed by atoms with van der Waals surface area (Å²) >= 11 is 0. The highest BCUT2D eigenvalue weighted by atomic mass is 16.2. The highest BCUT2D eigenvalue weighted by Gasteiger charge is 2.23. The van der Waals surface area contributed by atoms with E-state index in [0.717, 1.165) is 16.7 Å². The van der Waals surface area contributed by atoms with Crippen LogP contribution in [0.15, 0.2) is 48.8 Å². The van der Waals surface area contributed by atoms with Gasteiger partial charge in [0, 0.05) is 12.4 Å². The molecular weight excluding hydrogens is 262 g/mol. The van der Waals surface area contributed by atoms with E-state index in [-0.39, 0.29) is 11.9 Å². The van der Waals surface area contributed by atoms with Crippen LogP contribution in [0.1, 0.15) is 32.4 Å². The van der Waals surface area contributed by atoms with E-state index in [1.165, 1.54) is 0 Å². The Kier molecular flexibility index (Phi) is 4.38. The van der Waals surface area contributed by atoms with E-state index in [1.807, 2.05) is 43.3 Å². The van der Waals surface area contributed by atoms with Crippen molar-refractivity contribution in [2.24, 2.45) is 5.73 Å². The fourth-order valence-electron chi connectivity index (χ4n) is 1.97. The Hall–Kier alpha value is -2.20. The average molecular weight is 283 g/mol. The van der Waals surface area contributed by atoms with Gasteiger partial charge >= 0.3 is 0 Å². The fourth-order valence-corrected chi connectivity index (χ4v) is 1.97. The van der Waals surface area contributed by atoms with E-state index >= 15 is 0 Å². The van der Waals surface area contributed by atoms with Crippen LogP contribution in [0.25, 0.3) is 11.1 Å². The van der Waals surface area contributed by atoms with E-state index < -0.39 is 5.54 Å². The van der Waals surface area contributed by atoms with Gasteiger partial charge in [0.2, 0.25) is 5.91 Å². The maximum Gasteiger partial charge on any atom is 0.239 e. The van der Waals surface area contributed by atoms with Gasteiger partial charge in [0.15, 0.2) is 0 Å². The number of amides is 1. The zero-order valence-electron chi connectivity index (χ0n) is 12.6. The number of aromatic nitrogens is 1. The Morgan fingerprint density at radius 2 is 1.62 bits per heavy atom. The molecule has 1 aromatic heterocycles. The maximum atomic E-state index is 11.9. The molecule has 0 saturated carbocycles. The summed E-state index contributed by atoms with van der Waals surface area (Å²) in [6.07, 6.45) is 3.55.